The molecule has 0 heterocycles. The van der Waals surface area contributed by atoms with Crippen molar-refractivity contribution in [3.8, 4) is 0 Å². The van der Waals surface area contributed by atoms with Gasteiger partial charge in [-0.2, -0.15) is 0 Å². The van der Waals surface area contributed by atoms with E-state index in [-0.39, 0.29) is 11.7 Å². The van der Waals surface area contributed by atoms with Gasteiger partial charge in [-0.15, -0.1) is 0 Å². The highest BCUT2D eigenvalue weighted by Crippen LogP contribution is 2.15. The number of aliphatic carboxylic acids is 1. The molecule has 0 fully saturated rings. The van der Waals surface area contributed by atoms with Crippen LogP contribution in [0.5, 0.6) is 0 Å². The standard InChI is InChI=1S/C14H20FNO2/c1-8(2)13(14(17)18)16-7-11-5-9(3)12(15)10(4)6-11/h5-6,8,13,16H,7H2,1-4H3,(H,17,18). The van der Waals surface area contributed by atoms with Crippen LogP contribution in [0.1, 0.15) is 30.5 Å². The summed E-state index contributed by atoms with van der Waals surface area (Å²) < 4.78 is 13.5. The molecular formula is C14H20FNO2. The van der Waals surface area contributed by atoms with Crippen molar-refractivity contribution in [1.82, 2.24) is 5.32 Å². The summed E-state index contributed by atoms with van der Waals surface area (Å²) in [6.45, 7) is 7.56. The van der Waals surface area contributed by atoms with E-state index < -0.39 is 12.0 Å². The summed E-state index contributed by atoms with van der Waals surface area (Å²) in [6, 6.07) is 2.90. The van der Waals surface area contributed by atoms with E-state index in [1.54, 1.807) is 26.0 Å². The molecule has 1 rings (SSSR count). The molecule has 100 valence electrons. The van der Waals surface area contributed by atoms with Crippen LogP contribution in [-0.4, -0.2) is 17.1 Å². The molecule has 1 unspecified atom stereocenters. The van der Waals surface area contributed by atoms with E-state index >= 15 is 0 Å². The molecule has 0 aliphatic rings. The minimum Gasteiger partial charge on any atom is -0.480 e. The lowest BCUT2D eigenvalue weighted by molar-refractivity contribution is -0.140. The molecule has 0 aliphatic carbocycles. The van der Waals surface area contributed by atoms with Gasteiger partial charge in [-0.25, -0.2) is 4.39 Å². The van der Waals surface area contributed by atoms with Crippen molar-refractivity contribution in [2.24, 2.45) is 5.92 Å². The quantitative estimate of drug-likeness (QED) is 0.848. The highest BCUT2D eigenvalue weighted by atomic mass is 19.1. The molecule has 0 radical (unpaired) electrons. The third-order valence-electron chi connectivity index (χ3n) is 2.96. The SMILES string of the molecule is Cc1cc(CNC(C(=O)O)C(C)C)cc(C)c1F. The van der Waals surface area contributed by atoms with Crippen LogP contribution in [0, 0.1) is 25.6 Å². The highest BCUT2D eigenvalue weighted by molar-refractivity contribution is 5.73. The smallest absolute Gasteiger partial charge is 0.320 e. The Morgan fingerprint density at radius 3 is 2.22 bits per heavy atom. The van der Waals surface area contributed by atoms with Crippen LogP contribution in [0.4, 0.5) is 4.39 Å². The van der Waals surface area contributed by atoms with Crippen molar-refractivity contribution in [2.45, 2.75) is 40.3 Å². The van der Waals surface area contributed by atoms with Gasteiger partial charge in [0.2, 0.25) is 0 Å². The summed E-state index contributed by atoms with van der Waals surface area (Å²) in [4.78, 5) is 11.0. The molecule has 0 spiro atoms. The maximum Gasteiger partial charge on any atom is 0.320 e. The van der Waals surface area contributed by atoms with Gasteiger partial charge in [0.1, 0.15) is 11.9 Å². The number of carboxylic acid groups (broad SMARTS) is 1. The lowest BCUT2D eigenvalue weighted by Crippen LogP contribution is -2.40. The molecule has 4 heteroatoms. The monoisotopic (exact) mass is 253 g/mol. The molecule has 0 saturated heterocycles. The maximum atomic E-state index is 13.5. The normalized spacial score (nSPS) is 12.8. The van der Waals surface area contributed by atoms with Gasteiger partial charge in [0, 0.05) is 6.54 Å². The fourth-order valence-electron chi connectivity index (χ4n) is 1.97. The molecule has 0 amide bonds. The maximum absolute atomic E-state index is 13.5. The first kappa shape index (κ1) is 14.6. The summed E-state index contributed by atoms with van der Waals surface area (Å²) in [5.74, 6) is -1.05. The van der Waals surface area contributed by atoms with Crippen LogP contribution >= 0.6 is 0 Å². The van der Waals surface area contributed by atoms with Crippen LogP contribution < -0.4 is 5.32 Å². The molecule has 1 atom stereocenters. The molecule has 1 aromatic rings. The van der Waals surface area contributed by atoms with Crippen molar-refractivity contribution < 1.29 is 14.3 Å². The first-order chi connectivity index (χ1) is 8.32. The molecule has 3 nitrogen and oxygen atoms in total. The van der Waals surface area contributed by atoms with Crippen molar-refractivity contribution in [2.75, 3.05) is 0 Å². The van der Waals surface area contributed by atoms with E-state index in [1.165, 1.54) is 0 Å². The Balaban J connectivity index is 2.77. The Morgan fingerprint density at radius 2 is 1.83 bits per heavy atom. The number of rotatable bonds is 5. The predicted octanol–water partition coefficient (Wildman–Crippen LogP) is 2.64. The van der Waals surface area contributed by atoms with Crippen molar-refractivity contribution in [1.29, 1.82) is 0 Å². The zero-order valence-corrected chi connectivity index (χ0v) is 11.2. The summed E-state index contributed by atoms with van der Waals surface area (Å²) in [7, 11) is 0. The van der Waals surface area contributed by atoms with Crippen molar-refractivity contribution >= 4 is 5.97 Å². The molecule has 0 aromatic heterocycles. The summed E-state index contributed by atoms with van der Waals surface area (Å²) in [6.07, 6.45) is 0. The van der Waals surface area contributed by atoms with Gasteiger partial charge in [-0.05, 0) is 36.5 Å². The number of halogens is 1. The van der Waals surface area contributed by atoms with Crippen LogP contribution in [0.2, 0.25) is 0 Å². The lowest BCUT2D eigenvalue weighted by atomic mass is 10.0. The molecule has 0 aliphatic heterocycles. The molecule has 1 aromatic carbocycles. The Labute approximate surface area is 107 Å². The number of carboxylic acids is 1. The first-order valence-electron chi connectivity index (χ1n) is 6.04. The molecule has 0 saturated carbocycles. The Bertz CT molecular complexity index is 420. The topological polar surface area (TPSA) is 49.3 Å². The molecular weight excluding hydrogens is 233 g/mol. The largest absolute Gasteiger partial charge is 0.480 e. The lowest BCUT2D eigenvalue weighted by Gasteiger charge is -2.18. The summed E-state index contributed by atoms with van der Waals surface area (Å²) in [5, 5.41) is 12.0. The Kier molecular flexibility index (Phi) is 4.84. The minimum absolute atomic E-state index is 0.00476. The Morgan fingerprint density at radius 1 is 1.33 bits per heavy atom. The van der Waals surface area contributed by atoms with Gasteiger partial charge in [0.25, 0.3) is 0 Å². The number of benzene rings is 1. The van der Waals surface area contributed by atoms with E-state index in [4.69, 9.17) is 5.11 Å². The average Bonchev–Trinajstić information content (AvgIpc) is 2.24. The zero-order valence-electron chi connectivity index (χ0n) is 11.2. The van der Waals surface area contributed by atoms with Gasteiger partial charge in [0.15, 0.2) is 0 Å². The van der Waals surface area contributed by atoms with E-state index in [0.717, 1.165) is 5.56 Å². The number of carbonyl (C=O) groups is 1. The second kappa shape index (κ2) is 5.96. The summed E-state index contributed by atoms with van der Waals surface area (Å²) in [5.41, 5.74) is 2.07. The minimum atomic E-state index is -0.861. The number of aryl methyl sites for hydroxylation is 2. The fraction of sp³-hybridized carbons (Fsp3) is 0.500. The average molecular weight is 253 g/mol. The van der Waals surface area contributed by atoms with Crippen LogP contribution in [0.15, 0.2) is 12.1 Å². The zero-order chi connectivity index (χ0) is 13.9. The second-order valence-electron chi connectivity index (χ2n) is 4.98. The molecule has 0 bridgehead atoms. The summed E-state index contributed by atoms with van der Waals surface area (Å²) >= 11 is 0. The van der Waals surface area contributed by atoms with E-state index in [2.05, 4.69) is 5.32 Å². The second-order valence-corrected chi connectivity index (χ2v) is 4.98. The van der Waals surface area contributed by atoms with Crippen molar-refractivity contribution in [3.05, 3.63) is 34.6 Å². The van der Waals surface area contributed by atoms with E-state index in [0.29, 0.717) is 17.7 Å². The van der Waals surface area contributed by atoms with Crippen molar-refractivity contribution in [3.63, 3.8) is 0 Å². The number of nitrogens with one attached hydrogen (secondary N) is 1. The number of hydrogen-bond donors (Lipinski definition) is 2. The fourth-order valence-corrected chi connectivity index (χ4v) is 1.97. The van der Waals surface area contributed by atoms with Crippen LogP contribution in [-0.2, 0) is 11.3 Å². The third-order valence-corrected chi connectivity index (χ3v) is 2.96. The van der Waals surface area contributed by atoms with Crippen LogP contribution in [0.25, 0.3) is 0 Å². The van der Waals surface area contributed by atoms with Gasteiger partial charge in [-0.3, -0.25) is 4.79 Å². The number of hydrogen-bond acceptors (Lipinski definition) is 2. The van der Waals surface area contributed by atoms with E-state index in [1.807, 2.05) is 13.8 Å². The molecule has 2 N–H and O–H groups in total. The molecule has 18 heavy (non-hydrogen) atoms. The van der Waals surface area contributed by atoms with Gasteiger partial charge >= 0.3 is 5.97 Å². The highest BCUT2D eigenvalue weighted by Gasteiger charge is 2.20. The third kappa shape index (κ3) is 3.53. The predicted molar refractivity (Wildman–Crippen MR) is 69.0 cm³/mol. The van der Waals surface area contributed by atoms with Gasteiger partial charge in [-0.1, -0.05) is 26.0 Å². The van der Waals surface area contributed by atoms with E-state index in [9.17, 15) is 9.18 Å². The Hall–Kier alpha value is -1.42. The van der Waals surface area contributed by atoms with Gasteiger partial charge in [0.05, 0.1) is 0 Å². The van der Waals surface area contributed by atoms with Gasteiger partial charge < -0.3 is 10.4 Å². The first-order valence-corrected chi connectivity index (χ1v) is 6.04. The van der Waals surface area contributed by atoms with Crippen LogP contribution in [0.3, 0.4) is 0 Å².